The zero-order chi connectivity index (χ0) is 24.7. The Morgan fingerprint density at radius 3 is 2.34 bits per heavy atom. The van der Waals surface area contributed by atoms with Crippen LogP contribution in [0.1, 0.15) is 34.0 Å². The van der Waals surface area contributed by atoms with E-state index in [1.165, 1.54) is 22.8 Å². The van der Waals surface area contributed by atoms with Gasteiger partial charge < -0.3 is 19.8 Å². The number of nitrogens with zero attached hydrogens (tertiary/aromatic N) is 3. The van der Waals surface area contributed by atoms with Gasteiger partial charge in [0.05, 0.1) is 18.4 Å². The summed E-state index contributed by atoms with van der Waals surface area (Å²) in [5.74, 6) is -2.03. The lowest BCUT2D eigenvalue weighted by Crippen LogP contribution is -2.43. The van der Waals surface area contributed by atoms with Crippen molar-refractivity contribution in [3.8, 4) is 11.1 Å². The van der Waals surface area contributed by atoms with Crippen molar-refractivity contribution in [3.05, 3.63) is 71.5 Å². The summed E-state index contributed by atoms with van der Waals surface area (Å²) in [7, 11) is 1.54. The van der Waals surface area contributed by atoms with Gasteiger partial charge in [-0.3, -0.25) is 14.8 Å². The molecule has 1 fully saturated rings. The fourth-order valence-corrected chi connectivity index (χ4v) is 4.82. The van der Waals surface area contributed by atoms with Crippen LogP contribution in [0.15, 0.2) is 54.7 Å². The first kappa shape index (κ1) is 22.6. The molecule has 2 amide bonds. The zero-order valence-corrected chi connectivity index (χ0v) is 19.0. The molecule has 2 heterocycles. The van der Waals surface area contributed by atoms with Gasteiger partial charge in [-0.1, -0.05) is 48.5 Å². The predicted molar refractivity (Wildman–Crippen MR) is 125 cm³/mol. The van der Waals surface area contributed by atoms with Gasteiger partial charge in [0.1, 0.15) is 12.3 Å². The van der Waals surface area contributed by atoms with E-state index in [0.29, 0.717) is 0 Å². The number of fused-ring (bicyclic) bond motifs is 3. The van der Waals surface area contributed by atoms with Crippen LogP contribution in [0.25, 0.3) is 11.1 Å². The lowest BCUT2D eigenvalue weighted by molar-refractivity contribution is -0.156. The molecular weight excluding hydrogens is 452 g/mol. The summed E-state index contributed by atoms with van der Waals surface area (Å²) in [6.45, 7) is -0.172. The summed E-state index contributed by atoms with van der Waals surface area (Å²) < 4.78 is 6.84. The minimum atomic E-state index is -1.99. The van der Waals surface area contributed by atoms with Crippen LogP contribution in [-0.2, 0) is 16.6 Å². The Bertz CT molecular complexity index is 1290. The van der Waals surface area contributed by atoms with Crippen molar-refractivity contribution in [1.82, 2.24) is 14.7 Å². The van der Waals surface area contributed by atoms with Gasteiger partial charge in [-0.05, 0) is 22.3 Å². The van der Waals surface area contributed by atoms with Crippen molar-refractivity contribution >= 4 is 23.7 Å². The molecule has 2 aromatic carbocycles. The van der Waals surface area contributed by atoms with E-state index in [4.69, 9.17) is 4.74 Å². The monoisotopic (exact) mass is 476 g/mol. The molecule has 0 radical (unpaired) electrons. The maximum atomic E-state index is 13.1. The molecule has 180 valence electrons. The van der Waals surface area contributed by atoms with Crippen molar-refractivity contribution in [2.75, 3.05) is 25.0 Å². The Morgan fingerprint density at radius 1 is 1.11 bits per heavy atom. The van der Waals surface area contributed by atoms with Crippen LogP contribution in [0, 0.1) is 0 Å². The molecule has 0 bridgehead atoms. The number of carbonyl (C=O) groups is 3. The number of aromatic nitrogens is 2. The van der Waals surface area contributed by atoms with Crippen LogP contribution in [0.3, 0.4) is 0 Å². The number of aliphatic carboxylic acids is 1. The van der Waals surface area contributed by atoms with Gasteiger partial charge in [-0.2, -0.15) is 5.10 Å². The zero-order valence-electron chi connectivity index (χ0n) is 19.0. The second-order valence-corrected chi connectivity index (χ2v) is 8.79. The highest BCUT2D eigenvalue weighted by molar-refractivity contribution is 6.01. The van der Waals surface area contributed by atoms with Crippen molar-refractivity contribution in [1.29, 1.82) is 0 Å². The number of carboxylic acids is 1. The smallest absolute Gasteiger partial charge is 0.411 e. The second kappa shape index (κ2) is 8.55. The molecule has 10 heteroatoms. The minimum Gasteiger partial charge on any atom is -0.479 e. The summed E-state index contributed by atoms with van der Waals surface area (Å²) in [4.78, 5) is 38.3. The highest BCUT2D eigenvalue weighted by Crippen LogP contribution is 2.44. The number of aliphatic hydroxyl groups is 1. The molecule has 10 nitrogen and oxygen atoms in total. The van der Waals surface area contributed by atoms with Crippen LogP contribution < -0.4 is 5.32 Å². The average molecular weight is 476 g/mol. The summed E-state index contributed by atoms with van der Waals surface area (Å²) in [5.41, 5.74) is 2.61. The average Bonchev–Trinajstić information content (AvgIpc) is 3.52. The van der Waals surface area contributed by atoms with Crippen LogP contribution >= 0.6 is 0 Å². The Labute approximate surface area is 200 Å². The normalized spacial score (nSPS) is 18.7. The summed E-state index contributed by atoms with van der Waals surface area (Å²) >= 11 is 0. The number of rotatable bonds is 5. The fraction of sp³-hybridized carbons (Fsp3) is 0.280. The molecular formula is C25H24N4O6. The van der Waals surface area contributed by atoms with Crippen LogP contribution in [0.5, 0.6) is 0 Å². The van der Waals surface area contributed by atoms with E-state index < -0.39 is 23.6 Å². The second-order valence-electron chi connectivity index (χ2n) is 8.79. The van der Waals surface area contributed by atoms with Gasteiger partial charge >= 0.3 is 12.1 Å². The molecule has 1 atom stereocenters. The minimum absolute atomic E-state index is 0.0631. The van der Waals surface area contributed by atoms with Crippen molar-refractivity contribution < 1.29 is 29.3 Å². The molecule has 1 aromatic heterocycles. The van der Waals surface area contributed by atoms with Gasteiger partial charge in [0.2, 0.25) is 0 Å². The number of aryl methyl sites for hydroxylation is 1. The maximum absolute atomic E-state index is 13.1. The van der Waals surface area contributed by atoms with E-state index in [2.05, 4.69) is 10.4 Å². The van der Waals surface area contributed by atoms with Gasteiger partial charge in [-0.25, -0.2) is 9.59 Å². The van der Waals surface area contributed by atoms with Gasteiger partial charge in [0, 0.05) is 25.9 Å². The molecule has 1 unspecified atom stereocenters. The van der Waals surface area contributed by atoms with Crippen LogP contribution in [0.2, 0.25) is 0 Å². The Morgan fingerprint density at radius 2 is 1.74 bits per heavy atom. The first-order valence-electron chi connectivity index (χ1n) is 11.2. The SMILES string of the molecule is Cn1ncc(NC(=O)OCC2c3ccccc3-c3ccccc32)c1C(=O)N1CCC(O)(C(=O)O)C1. The summed E-state index contributed by atoms with van der Waals surface area (Å²) in [5, 5.41) is 26.0. The predicted octanol–water partition coefficient (Wildman–Crippen LogP) is 2.44. The summed E-state index contributed by atoms with van der Waals surface area (Å²) in [6, 6.07) is 16.0. The molecule has 3 N–H and O–H groups in total. The Balaban J connectivity index is 1.28. The number of benzene rings is 2. The number of ether oxygens (including phenoxy) is 1. The number of amides is 2. The quantitative estimate of drug-likeness (QED) is 0.515. The first-order valence-corrected chi connectivity index (χ1v) is 11.2. The number of carbonyl (C=O) groups excluding carboxylic acids is 2. The van der Waals surface area contributed by atoms with Crippen molar-refractivity contribution in [2.45, 2.75) is 17.9 Å². The first-order chi connectivity index (χ1) is 16.8. The van der Waals surface area contributed by atoms with E-state index in [9.17, 15) is 24.6 Å². The van der Waals surface area contributed by atoms with E-state index in [1.54, 1.807) is 0 Å². The standard InChI is InChI=1S/C25H24N4O6/c1-28-21(22(30)29-11-10-25(34,14-29)23(31)32)20(12-26-28)27-24(33)35-13-19-17-8-4-2-6-15(17)16-7-3-5-9-18(16)19/h2-9,12,19,34H,10-11,13-14H2,1H3,(H,27,33)(H,31,32). The Kier molecular flexibility index (Phi) is 5.52. The lowest BCUT2D eigenvalue weighted by atomic mass is 9.98. The number of β-amino-alcohol motifs (C(OH)–C–C–N with tert-alkyl or cyclic N) is 1. The Hall–Kier alpha value is -4.18. The van der Waals surface area contributed by atoms with E-state index in [-0.39, 0.29) is 43.4 Å². The van der Waals surface area contributed by atoms with Crippen LogP contribution in [-0.4, -0.2) is 68.2 Å². The van der Waals surface area contributed by atoms with E-state index in [1.807, 2.05) is 48.5 Å². The molecule has 0 saturated carbocycles. The number of likely N-dealkylation sites (tertiary alicyclic amines) is 1. The van der Waals surface area contributed by atoms with E-state index in [0.717, 1.165) is 22.3 Å². The molecule has 0 spiro atoms. The maximum Gasteiger partial charge on any atom is 0.411 e. The lowest BCUT2D eigenvalue weighted by Gasteiger charge is -2.20. The van der Waals surface area contributed by atoms with Gasteiger partial charge in [0.25, 0.3) is 5.91 Å². The van der Waals surface area contributed by atoms with E-state index >= 15 is 0 Å². The van der Waals surface area contributed by atoms with Crippen molar-refractivity contribution in [2.24, 2.45) is 7.05 Å². The molecule has 3 aromatic rings. The van der Waals surface area contributed by atoms with Crippen molar-refractivity contribution in [3.63, 3.8) is 0 Å². The van der Waals surface area contributed by atoms with Gasteiger partial charge in [0.15, 0.2) is 5.60 Å². The number of carboxylic acid groups (broad SMARTS) is 1. The molecule has 35 heavy (non-hydrogen) atoms. The largest absolute Gasteiger partial charge is 0.479 e. The van der Waals surface area contributed by atoms with Gasteiger partial charge in [-0.15, -0.1) is 0 Å². The third kappa shape index (κ3) is 3.91. The van der Waals surface area contributed by atoms with Crippen LogP contribution in [0.4, 0.5) is 10.5 Å². The molecule has 1 saturated heterocycles. The number of nitrogens with one attached hydrogen (secondary N) is 1. The highest BCUT2D eigenvalue weighted by atomic mass is 16.5. The molecule has 5 rings (SSSR count). The molecule has 1 aliphatic carbocycles. The summed E-state index contributed by atoms with van der Waals surface area (Å²) in [6.07, 6.45) is 0.507. The topological polar surface area (TPSA) is 134 Å². The number of hydrogen-bond donors (Lipinski definition) is 3. The molecule has 2 aliphatic rings. The number of hydrogen-bond acceptors (Lipinski definition) is 6. The number of anilines is 1. The molecule has 1 aliphatic heterocycles. The third-order valence-electron chi connectivity index (χ3n) is 6.65. The fourth-order valence-electron chi connectivity index (χ4n) is 4.82. The highest BCUT2D eigenvalue weighted by Gasteiger charge is 2.45. The third-order valence-corrected chi connectivity index (χ3v) is 6.65.